The highest BCUT2D eigenvalue weighted by Gasteiger charge is 2.33. The third kappa shape index (κ3) is 13.2. The van der Waals surface area contributed by atoms with E-state index in [0.29, 0.717) is 6.07 Å². The highest BCUT2D eigenvalue weighted by Crippen LogP contribution is 2.29. The van der Waals surface area contributed by atoms with Crippen LogP contribution in [-0.4, -0.2) is 56.6 Å². The Morgan fingerprint density at radius 3 is 2.39 bits per heavy atom. The van der Waals surface area contributed by atoms with Crippen molar-refractivity contribution >= 4 is 34.1 Å². The van der Waals surface area contributed by atoms with Crippen LogP contribution >= 0.6 is 0 Å². The van der Waals surface area contributed by atoms with Gasteiger partial charge in [0, 0.05) is 12.3 Å². The van der Waals surface area contributed by atoms with Gasteiger partial charge in [0.1, 0.15) is 17.4 Å². The Morgan fingerprint density at radius 1 is 1.15 bits per heavy atom. The second-order valence-corrected chi connectivity index (χ2v) is 12.3. The van der Waals surface area contributed by atoms with E-state index >= 15 is 0 Å². The highest BCUT2D eigenvalue weighted by molar-refractivity contribution is 7.89. The molecule has 12 nitrogen and oxygen atoms in total. The predicted octanol–water partition coefficient (Wildman–Crippen LogP) is 3.07. The first-order chi connectivity index (χ1) is 18.9. The van der Waals surface area contributed by atoms with Crippen LogP contribution in [0.25, 0.3) is 0 Å². The van der Waals surface area contributed by atoms with E-state index in [-0.39, 0.29) is 12.3 Å². The maximum Gasteiger partial charge on any atom is 0.573 e. The number of carbonyl (C=O) groups excluding carboxylic acids is 3. The molecule has 0 aromatic heterocycles. The first-order valence-electron chi connectivity index (χ1n) is 12.9. The summed E-state index contributed by atoms with van der Waals surface area (Å²) < 4.78 is 75.8. The summed E-state index contributed by atoms with van der Waals surface area (Å²) in [6.07, 6.45) is 0.00472. The number of nitrogens with zero attached hydrogens (tertiary/aromatic N) is 1. The quantitative estimate of drug-likeness (QED) is 0.160. The maximum atomic E-state index is 13.4. The first kappa shape index (κ1) is 33.8. The number of alkyl halides is 3. The third-order valence-corrected chi connectivity index (χ3v) is 7.29. The van der Waals surface area contributed by atoms with Crippen LogP contribution in [0.15, 0.2) is 34.3 Å². The van der Waals surface area contributed by atoms with E-state index in [9.17, 15) is 36.0 Å². The molecule has 1 aliphatic carbocycles. The van der Waals surface area contributed by atoms with E-state index < -0.39 is 69.0 Å². The lowest BCUT2D eigenvalue weighted by Crippen LogP contribution is -2.51. The number of hydrogen-bond donors (Lipinski definition) is 4. The highest BCUT2D eigenvalue weighted by atomic mass is 32.2. The summed E-state index contributed by atoms with van der Waals surface area (Å²) in [6.45, 7) is 4.93. The minimum absolute atomic E-state index is 0.00315. The van der Waals surface area contributed by atoms with Crippen LogP contribution in [0.5, 0.6) is 5.75 Å². The normalized spacial score (nSPS) is 16.5. The molecule has 0 radical (unpaired) electrons. The minimum Gasteiger partial charge on any atom is -0.460 e. The Labute approximate surface area is 236 Å². The van der Waals surface area contributed by atoms with Crippen LogP contribution in [0.3, 0.4) is 0 Å². The Bertz CT molecular complexity index is 1200. The molecule has 2 rings (SSSR count). The summed E-state index contributed by atoms with van der Waals surface area (Å²) in [7, 11) is -4.50. The van der Waals surface area contributed by atoms with Gasteiger partial charge in [-0.05, 0) is 45.2 Å². The summed E-state index contributed by atoms with van der Waals surface area (Å²) in [6, 6.07) is 0.293. The molecule has 0 heterocycles. The van der Waals surface area contributed by atoms with Gasteiger partial charge in [-0.2, -0.15) is 9.82 Å². The van der Waals surface area contributed by atoms with Crippen molar-refractivity contribution in [3.05, 3.63) is 24.3 Å². The van der Waals surface area contributed by atoms with Crippen molar-refractivity contribution in [1.82, 2.24) is 15.5 Å². The molecule has 0 saturated heterocycles. The number of hydrogen-bond acceptors (Lipinski definition) is 8. The molecule has 5 N–H and O–H groups in total. The van der Waals surface area contributed by atoms with Gasteiger partial charge in [0.05, 0.1) is 17.4 Å². The minimum atomic E-state index is -5.03. The number of nitrogens with two attached hydrogens (primary N) is 1. The molecule has 41 heavy (non-hydrogen) atoms. The molecule has 1 aromatic carbocycles. The summed E-state index contributed by atoms with van der Waals surface area (Å²) in [4.78, 5) is 36.3. The molecule has 1 saturated carbocycles. The molecule has 3 amide bonds. The Kier molecular flexibility index (Phi) is 11.9. The van der Waals surface area contributed by atoms with Gasteiger partial charge in [-0.25, -0.2) is 18.6 Å². The second-order valence-electron chi connectivity index (χ2n) is 10.6. The van der Waals surface area contributed by atoms with Crippen LogP contribution < -0.4 is 25.9 Å². The van der Waals surface area contributed by atoms with Crippen LogP contribution in [0.1, 0.15) is 65.7 Å². The average Bonchev–Trinajstić information content (AvgIpc) is 2.81. The molecule has 230 valence electrons. The monoisotopic (exact) mass is 607 g/mol. The SMILES string of the molecule is CC(C)(C)OC(=O)C[C@@H](C=NNC(N)=O)NC(=O)[C@H](CC1CCCCC1)NS(=O)(=O)c1cccc(OC(F)(F)F)c1. The number of amides is 3. The van der Waals surface area contributed by atoms with E-state index in [1.165, 1.54) is 0 Å². The number of primary amides is 1. The fraction of sp³-hybridized carbons (Fsp3) is 0.600. The summed E-state index contributed by atoms with van der Waals surface area (Å²) in [5.41, 5.74) is 6.11. The van der Waals surface area contributed by atoms with E-state index in [1.807, 2.05) is 5.43 Å². The molecule has 1 fully saturated rings. The summed E-state index contributed by atoms with van der Waals surface area (Å²) >= 11 is 0. The Balaban J connectivity index is 2.31. The van der Waals surface area contributed by atoms with Crippen molar-refractivity contribution < 1.29 is 45.4 Å². The van der Waals surface area contributed by atoms with Gasteiger partial charge in [-0.3, -0.25) is 9.59 Å². The molecule has 16 heteroatoms. The Hall–Kier alpha value is -3.40. The molecule has 2 atom stereocenters. The van der Waals surface area contributed by atoms with Crippen molar-refractivity contribution in [2.75, 3.05) is 0 Å². The van der Waals surface area contributed by atoms with Crippen molar-refractivity contribution in [2.45, 2.75) is 94.7 Å². The molecule has 0 unspecified atom stereocenters. The van der Waals surface area contributed by atoms with Crippen LogP contribution in [-0.2, 0) is 24.3 Å². The number of rotatable bonds is 12. The lowest BCUT2D eigenvalue weighted by Gasteiger charge is -2.28. The smallest absolute Gasteiger partial charge is 0.460 e. The first-order valence-corrected chi connectivity index (χ1v) is 14.4. The van der Waals surface area contributed by atoms with Gasteiger partial charge < -0.3 is 20.5 Å². The molecule has 1 aromatic rings. The number of ether oxygens (including phenoxy) is 2. The predicted molar refractivity (Wildman–Crippen MR) is 142 cm³/mol. The van der Waals surface area contributed by atoms with Gasteiger partial charge in [-0.15, -0.1) is 13.2 Å². The largest absolute Gasteiger partial charge is 0.573 e. The average molecular weight is 608 g/mol. The lowest BCUT2D eigenvalue weighted by molar-refractivity contribution is -0.274. The number of esters is 1. The number of carbonyl (C=O) groups is 3. The van der Waals surface area contributed by atoms with Crippen LogP contribution in [0, 0.1) is 5.92 Å². The number of hydrazone groups is 1. The zero-order chi connectivity index (χ0) is 30.8. The fourth-order valence-corrected chi connectivity index (χ4v) is 5.48. The number of sulfonamides is 1. The standard InChI is InChI=1S/C25H36F3N5O7S/c1-24(2,3)40-21(34)13-17(15-30-32-23(29)36)31-22(35)20(12-16-8-5-4-6-9-16)33-41(37,38)19-11-7-10-18(14-19)39-25(26,27)28/h7,10-11,14-17,20,33H,4-6,8-9,12-13H2,1-3H3,(H,31,35)(H3,29,32,36)/t17-,20-/m0/s1. The topological polar surface area (TPSA) is 178 Å². The molecule has 0 spiro atoms. The van der Waals surface area contributed by atoms with E-state index in [4.69, 9.17) is 10.5 Å². The maximum absolute atomic E-state index is 13.4. The van der Waals surface area contributed by atoms with E-state index in [1.54, 1.807) is 20.8 Å². The van der Waals surface area contributed by atoms with Crippen LogP contribution in [0.4, 0.5) is 18.0 Å². The number of nitrogens with one attached hydrogen (secondary N) is 3. The van der Waals surface area contributed by atoms with E-state index in [2.05, 4.69) is 19.9 Å². The van der Waals surface area contributed by atoms with Crippen molar-refractivity contribution in [3.63, 3.8) is 0 Å². The van der Waals surface area contributed by atoms with Gasteiger partial charge >= 0.3 is 18.4 Å². The van der Waals surface area contributed by atoms with Crippen molar-refractivity contribution in [1.29, 1.82) is 0 Å². The van der Waals surface area contributed by atoms with Crippen molar-refractivity contribution in [3.8, 4) is 5.75 Å². The Morgan fingerprint density at radius 2 is 1.80 bits per heavy atom. The van der Waals surface area contributed by atoms with Crippen molar-refractivity contribution in [2.24, 2.45) is 16.8 Å². The van der Waals surface area contributed by atoms with Gasteiger partial charge in [0.25, 0.3) is 0 Å². The molecule has 0 aliphatic heterocycles. The zero-order valence-electron chi connectivity index (χ0n) is 23.0. The fourth-order valence-electron chi connectivity index (χ4n) is 4.24. The van der Waals surface area contributed by atoms with E-state index in [0.717, 1.165) is 56.5 Å². The van der Waals surface area contributed by atoms with Gasteiger partial charge in [-0.1, -0.05) is 38.2 Å². The molecule has 1 aliphatic rings. The lowest BCUT2D eigenvalue weighted by atomic mass is 9.85. The number of urea groups is 1. The number of halogens is 3. The zero-order valence-corrected chi connectivity index (χ0v) is 23.8. The summed E-state index contributed by atoms with van der Waals surface area (Å²) in [5, 5.41) is 6.13. The van der Waals surface area contributed by atoms with Crippen LogP contribution in [0.2, 0.25) is 0 Å². The number of benzene rings is 1. The molecule has 0 bridgehead atoms. The third-order valence-electron chi connectivity index (χ3n) is 5.82. The summed E-state index contributed by atoms with van der Waals surface area (Å²) in [5.74, 6) is -2.28. The second kappa shape index (κ2) is 14.5. The molecular formula is C25H36F3N5O7S. The van der Waals surface area contributed by atoms with Gasteiger partial charge in [0.15, 0.2) is 0 Å². The van der Waals surface area contributed by atoms with Gasteiger partial charge in [0.2, 0.25) is 15.9 Å². The molecular weight excluding hydrogens is 571 g/mol.